The number of ether oxygens (including phenoxy) is 1. The summed E-state index contributed by atoms with van der Waals surface area (Å²) in [6.45, 7) is 11.3. The fourth-order valence-corrected chi connectivity index (χ4v) is 3.34. The molecule has 0 bridgehead atoms. The number of benzene rings is 2. The Balaban J connectivity index is 2.03. The van der Waals surface area contributed by atoms with Gasteiger partial charge in [0.1, 0.15) is 5.75 Å². The van der Waals surface area contributed by atoms with Crippen LogP contribution in [0.3, 0.4) is 0 Å². The van der Waals surface area contributed by atoms with Crippen molar-refractivity contribution in [1.29, 1.82) is 0 Å². The summed E-state index contributed by atoms with van der Waals surface area (Å²) in [5.74, 6) is 1.70. The maximum atomic E-state index is 12.6. The average Bonchev–Trinajstić information content (AvgIpc) is 2.77. The van der Waals surface area contributed by atoms with Crippen molar-refractivity contribution in [3.05, 3.63) is 60.2 Å². The Kier molecular flexibility index (Phi) is 9.70. The second kappa shape index (κ2) is 12.3. The van der Waals surface area contributed by atoms with Crippen LogP contribution in [0.25, 0.3) is 17.2 Å². The standard InChI is InChI=1S/C27H36O2/c1-5-8-9-10-19-29-25-15-12-23(13-16-25)24-14-17-26(22(7-3)20-24)27(28)18-11-21(4)6-2/h7,12-17,20-21H,3,5-6,8-11,18-19H2,1-2,4H3/t21-/m0/s1. The van der Waals surface area contributed by atoms with Crippen molar-refractivity contribution < 1.29 is 9.53 Å². The highest BCUT2D eigenvalue weighted by atomic mass is 16.5. The van der Waals surface area contributed by atoms with Crippen LogP contribution in [0, 0.1) is 5.92 Å². The van der Waals surface area contributed by atoms with Crippen molar-refractivity contribution in [2.24, 2.45) is 5.92 Å². The molecule has 0 radical (unpaired) electrons. The molecule has 0 fully saturated rings. The molecule has 2 aromatic rings. The molecule has 0 unspecified atom stereocenters. The molecule has 0 amide bonds. The quantitative estimate of drug-likeness (QED) is 0.255. The molecule has 0 heterocycles. The lowest BCUT2D eigenvalue weighted by Gasteiger charge is -2.11. The maximum Gasteiger partial charge on any atom is 0.163 e. The second-order valence-electron chi connectivity index (χ2n) is 7.91. The van der Waals surface area contributed by atoms with E-state index in [0.29, 0.717) is 12.3 Å². The van der Waals surface area contributed by atoms with Crippen molar-refractivity contribution in [3.8, 4) is 16.9 Å². The van der Waals surface area contributed by atoms with Crippen LogP contribution in [0.4, 0.5) is 0 Å². The van der Waals surface area contributed by atoms with Gasteiger partial charge in [-0.1, -0.05) is 83.4 Å². The van der Waals surface area contributed by atoms with Crippen molar-refractivity contribution in [1.82, 2.24) is 0 Å². The zero-order valence-electron chi connectivity index (χ0n) is 18.4. The Labute approximate surface area is 177 Å². The minimum absolute atomic E-state index is 0.207. The van der Waals surface area contributed by atoms with E-state index in [1.165, 1.54) is 19.3 Å². The van der Waals surface area contributed by atoms with Gasteiger partial charge in [0.2, 0.25) is 0 Å². The minimum atomic E-state index is 0.207. The van der Waals surface area contributed by atoms with Crippen LogP contribution in [0.5, 0.6) is 5.75 Å². The molecule has 0 spiro atoms. The first kappa shape index (κ1) is 22.9. The molecule has 0 N–H and O–H groups in total. The molecule has 2 heteroatoms. The molecule has 0 aliphatic heterocycles. The van der Waals surface area contributed by atoms with Gasteiger partial charge in [-0.3, -0.25) is 4.79 Å². The number of carbonyl (C=O) groups excluding carboxylic acids is 1. The number of carbonyl (C=O) groups is 1. The molecule has 0 aromatic heterocycles. The van der Waals surface area contributed by atoms with E-state index >= 15 is 0 Å². The largest absolute Gasteiger partial charge is 0.494 e. The lowest BCUT2D eigenvalue weighted by atomic mass is 9.93. The Bertz CT molecular complexity index is 774. The topological polar surface area (TPSA) is 26.3 Å². The fraction of sp³-hybridized carbons (Fsp3) is 0.444. The van der Waals surface area contributed by atoms with Crippen molar-refractivity contribution in [3.63, 3.8) is 0 Å². The summed E-state index contributed by atoms with van der Waals surface area (Å²) < 4.78 is 5.83. The number of rotatable bonds is 13. The fourth-order valence-electron chi connectivity index (χ4n) is 3.34. The molecule has 2 aromatic carbocycles. The number of ketones is 1. The SMILES string of the molecule is C=Cc1cc(-c2ccc(OCCCCCC)cc2)ccc1C(=O)CC[C@@H](C)CC. The van der Waals surface area contributed by atoms with Crippen LogP contribution in [0.2, 0.25) is 0 Å². The molecule has 2 rings (SSSR count). The molecule has 2 nitrogen and oxygen atoms in total. The van der Waals surface area contributed by atoms with Gasteiger partial charge in [0.25, 0.3) is 0 Å². The highest BCUT2D eigenvalue weighted by Crippen LogP contribution is 2.27. The van der Waals surface area contributed by atoms with E-state index in [-0.39, 0.29) is 5.78 Å². The third-order valence-corrected chi connectivity index (χ3v) is 5.59. The monoisotopic (exact) mass is 392 g/mol. The van der Waals surface area contributed by atoms with Gasteiger partial charge < -0.3 is 4.74 Å². The smallest absolute Gasteiger partial charge is 0.163 e. The van der Waals surface area contributed by atoms with Gasteiger partial charge in [-0.15, -0.1) is 0 Å². The highest BCUT2D eigenvalue weighted by molar-refractivity contribution is 6.00. The lowest BCUT2D eigenvalue weighted by molar-refractivity contribution is 0.0974. The average molecular weight is 393 g/mol. The van der Waals surface area contributed by atoms with Gasteiger partial charge in [0.05, 0.1) is 6.61 Å². The number of hydrogen-bond donors (Lipinski definition) is 0. The van der Waals surface area contributed by atoms with E-state index in [1.54, 1.807) is 6.08 Å². The molecular formula is C27H36O2. The molecule has 156 valence electrons. The highest BCUT2D eigenvalue weighted by Gasteiger charge is 2.12. The van der Waals surface area contributed by atoms with Gasteiger partial charge in [-0.25, -0.2) is 0 Å². The van der Waals surface area contributed by atoms with E-state index in [2.05, 4.69) is 45.5 Å². The van der Waals surface area contributed by atoms with Crippen LogP contribution >= 0.6 is 0 Å². The Morgan fingerprint density at radius 2 is 1.76 bits per heavy atom. The Hall–Kier alpha value is -2.35. The van der Waals surface area contributed by atoms with Crippen LogP contribution in [0.15, 0.2) is 49.0 Å². The molecule has 0 saturated carbocycles. The molecule has 0 aliphatic rings. The Morgan fingerprint density at radius 3 is 2.41 bits per heavy atom. The first-order chi connectivity index (χ1) is 14.1. The van der Waals surface area contributed by atoms with Crippen LogP contribution < -0.4 is 4.74 Å². The predicted octanol–water partition coefficient (Wildman–Crippen LogP) is 7.96. The van der Waals surface area contributed by atoms with E-state index in [4.69, 9.17) is 4.74 Å². The first-order valence-electron chi connectivity index (χ1n) is 11.1. The zero-order chi connectivity index (χ0) is 21.1. The summed E-state index contributed by atoms with van der Waals surface area (Å²) in [5.41, 5.74) is 3.89. The summed E-state index contributed by atoms with van der Waals surface area (Å²) in [6.07, 6.45) is 9.26. The summed E-state index contributed by atoms with van der Waals surface area (Å²) in [6, 6.07) is 14.2. The second-order valence-corrected chi connectivity index (χ2v) is 7.91. The van der Waals surface area contributed by atoms with Crippen LogP contribution in [0.1, 0.15) is 81.6 Å². The number of Topliss-reactive ketones (excluding diaryl/α,β-unsaturated/α-hetero) is 1. The van der Waals surface area contributed by atoms with E-state index in [9.17, 15) is 4.79 Å². The van der Waals surface area contributed by atoms with Gasteiger partial charge in [0.15, 0.2) is 5.78 Å². The van der Waals surface area contributed by atoms with Crippen molar-refractivity contribution in [2.45, 2.75) is 65.7 Å². The molecule has 0 saturated heterocycles. The lowest BCUT2D eigenvalue weighted by Crippen LogP contribution is -2.04. The van der Waals surface area contributed by atoms with E-state index < -0.39 is 0 Å². The maximum absolute atomic E-state index is 12.6. The third kappa shape index (κ3) is 7.20. The van der Waals surface area contributed by atoms with E-state index in [1.807, 2.05) is 24.3 Å². The normalized spacial score (nSPS) is 11.8. The summed E-state index contributed by atoms with van der Waals surface area (Å²) >= 11 is 0. The predicted molar refractivity (Wildman–Crippen MR) is 125 cm³/mol. The molecular weight excluding hydrogens is 356 g/mol. The molecule has 1 atom stereocenters. The van der Waals surface area contributed by atoms with Gasteiger partial charge >= 0.3 is 0 Å². The first-order valence-corrected chi connectivity index (χ1v) is 11.1. The number of unbranched alkanes of at least 4 members (excludes halogenated alkanes) is 3. The molecule has 0 aliphatic carbocycles. The third-order valence-electron chi connectivity index (χ3n) is 5.59. The number of hydrogen-bond acceptors (Lipinski definition) is 2. The summed E-state index contributed by atoms with van der Waals surface area (Å²) in [7, 11) is 0. The van der Waals surface area contributed by atoms with Gasteiger partial charge in [0, 0.05) is 12.0 Å². The van der Waals surface area contributed by atoms with Gasteiger partial charge in [-0.2, -0.15) is 0 Å². The van der Waals surface area contributed by atoms with E-state index in [0.717, 1.165) is 53.9 Å². The summed E-state index contributed by atoms with van der Waals surface area (Å²) in [5, 5.41) is 0. The summed E-state index contributed by atoms with van der Waals surface area (Å²) in [4.78, 5) is 12.6. The molecule has 29 heavy (non-hydrogen) atoms. The van der Waals surface area contributed by atoms with Crippen LogP contribution in [-0.2, 0) is 0 Å². The minimum Gasteiger partial charge on any atom is -0.494 e. The zero-order valence-corrected chi connectivity index (χ0v) is 18.4. The van der Waals surface area contributed by atoms with Crippen LogP contribution in [-0.4, -0.2) is 12.4 Å². The van der Waals surface area contributed by atoms with Crippen molar-refractivity contribution >= 4 is 11.9 Å². The van der Waals surface area contributed by atoms with Gasteiger partial charge in [-0.05, 0) is 53.6 Å². The Morgan fingerprint density at radius 1 is 1.03 bits per heavy atom. The van der Waals surface area contributed by atoms with Crippen molar-refractivity contribution in [2.75, 3.05) is 6.61 Å².